The fourth-order valence-corrected chi connectivity index (χ4v) is 1.07. The molecule has 1 aliphatic rings. The zero-order chi connectivity index (χ0) is 10.6. The van der Waals surface area contributed by atoms with Crippen LogP contribution in [-0.2, 0) is 19.1 Å². The minimum absolute atomic E-state index is 0.0427. The van der Waals surface area contributed by atoms with Crippen molar-refractivity contribution < 1.29 is 19.1 Å². The summed E-state index contributed by atoms with van der Waals surface area (Å²) < 4.78 is 10.4. The van der Waals surface area contributed by atoms with Gasteiger partial charge < -0.3 is 9.47 Å². The second-order valence-electron chi connectivity index (χ2n) is 3.24. The van der Waals surface area contributed by atoms with Crippen molar-refractivity contribution in [2.75, 3.05) is 6.61 Å². The number of carbonyl (C=O) groups is 2. The predicted molar refractivity (Wildman–Crippen MR) is 49.7 cm³/mol. The molecule has 0 saturated carbocycles. The Morgan fingerprint density at radius 2 is 2.07 bits per heavy atom. The van der Waals surface area contributed by atoms with Crippen LogP contribution in [0.2, 0.25) is 0 Å². The van der Waals surface area contributed by atoms with E-state index in [1.165, 1.54) is 13.8 Å². The van der Waals surface area contributed by atoms with Crippen LogP contribution in [0.15, 0.2) is 12.2 Å². The van der Waals surface area contributed by atoms with Gasteiger partial charge in [0.25, 0.3) is 0 Å². The van der Waals surface area contributed by atoms with Crippen molar-refractivity contribution in [2.45, 2.75) is 32.7 Å². The van der Waals surface area contributed by atoms with Crippen molar-refractivity contribution in [1.29, 1.82) is 0 Å². The minimum Gasteiger partial charge on any atom is -0.348 e. The van der Waals surface area contributed by atoms with E-state index in [1.54, 1.807) is 12.2 Å². The molecule has 0 amide bonds. The van der Waals surface area contributed by atoms with Crippen molar-refractivity contribution in [3.63, 3.8) is 0 Å². The first kappa shape index (κ1) is 11.1. The van der Waals surface area contributed by atoms with E-state index in [0.717, 1.165) is 0 Å². The predicted octanol–water partition coefficient (Wildman–Crippen LogP) is 0.852. The maximum absolute atomic E-state index is 10.9. The first-order chi connectivity index (χ1) is 6.59. The standard InChI is InChI=1S/C10H14O4/c1-7(11)5-6-13-10-4-3-9(14-10)8(2)12/h3-4,9-10H,5-6H2,1-2H3. The van der Waals surface area contributed by atoms with Gasteiger partial charge in [-0.25, -0.2) is 0 Å². The van der Waals surface area contributed by atoms with Crippen LogP contribution >= 0.6 is 0 Å². The fourth-order valence-electron chi connectivity index (χ4n) is 1.07. The van der Waals surface area contributed by atoms with Gasteiger partial charge in [-0.3, -0.25) is 9.59 Å². The Morgan fingerprint density at radius 3 is 2.57 bits per heavy atom. The molecule has 1 heterocycles. The van der Waals surface area contributed by atoms with Gasteiger partial charge in [-0.15, -0.1) is 0 Å². The lowest BCUT2D eigenvalue weighted by Crippen LogP contribution is -2.21. The van der Waals surface area contributed by atoms with Gasteiger partial charge in [0.05, 0.1) is 6.61 Å². The third kappa shape index (κ3) is 3.40. The van der Waals surface area contributed by atoms with Gasteiger partial charge in [-0.2, -0.15) is 0 Å². The van der Waals surface area contributed by atoms with Crippen molar-refractivity contribution in [3.05, 3.63) is 12.2 Å². The molecule has 4 nitrogen and oxygen atoms in total. The Kier molecular flexibility index (Phi) is 3.98. The summed E-state index contributed by atoms with van der Waals surface area (Å²) >= 11 is 0. The highest BCUT2D eigenvalue weighted by Gasteiger charge is 2.22. The molecule has 0 aromatic carbocycles. The molecule has 0 N–H and O–H groups in total. The molecule has 78 valence electrons. The van der Waals surface area contributed by atoms with Crippen LogP contribution in [0.5, 0.6) is 0 Å². The van der Waals surface area contributed by atoms with E-state index in [4.69, 9.17) is 9.47 Å². The molecule has 4 heteroatoms. The number of rotatable bonds is 5. The second kappa shape index (κ2) is 5.02. The van der Waals surface area contributed by atoms with Gasteiger partial charge >= 0.3 is 0 Å². The number of hydrogen-bond acceptors (Lipinski definition) is 4. The quantitative estimate of drug-likeness (QED) is 0.614. The smallest absolute Gasteiger partial charge is 0.178 e. The summed E-state index contributed by atoms with van der Waals surface area (Å²) in [6, 6.07) is 0. The van der Waals surface area contributed by atoms with E-state index in [2.05, 4.69) is 0 Å². The minimum atomic E-state index is -0.489. The number of carbonyl (C=O) groups excluding carboxylic acids is 2. The third-order valence-corrected chi connectivity index (χ3v) is 1.86. The van der Waals surface area contributed by atoms with Crippen LogP contribution in [-0.4, -0.2) is 30.6 Å². The van der Waals surface area contributed by atoms with Crippen molar-refractivity contribution in [3.8, 4) is 0 Å². The molecule has 1 aliphatic heterocycles. The lowest BCUT2D eigenvalue weighted by molar-refractivity contribution is -0.146. The molecule has 0 aliphatic carbocycles. The van der Waals surface area contributed by atoms with E-state index in [-0.39, 0.29) is 11.6 Å². The summed E-state index contributed by atoms with van der Waals surface area (Å²) in [4.78, 5) is 21.5. The first-order valence-electron chi connectivity index (χ1n) is 4.55. The van der Waals surface area contributed by atoms with Crippen molar-refractivity contribution in [2.24, 2.45) is 0 Å². The number of Topliss-reactive ketones (excluding diaryl/α,β-unsaturated/α-hetero) is 2. The van der Waals surface area contributed by atoms with Crippen molar-refractivity contribution in [1.82, 2.24) is 0 Å². The fraction of sp³-hybridized carbons (Fsp3) is 0.600. The molecular weight excluding hydrogens is 184 g/mol. The van der Waals surface area contributed by atoms with Gasteiger partial charge in [0.15, 0.2) is 12.1 Å². The van der Waals surface area contributed by atoms with E-state index < -0.39 is 12.4 Å². The summed E-state index contributed by atoms with van der Waals surface area (Å²) in [6.45, 7) is 3.30. The van der Waals surface area contributed by atoms with Crippen LogP contribution in [0, 0.1) is 0 Å². The maximum atomic E-state index is 10.9. The summed E-state index contributed by atoms with van der Waals surface area (Å²) in [7, 11) is 0. The van der Waals surface area contributed by atoms with E-state index >= 15 is 0 Å². The summed E-state index contributed by atoms with van der Waals surface area (Å²) in [5.41, 5.74) is 0. The molecule has 0 aromatic heterocycles. The lowest BCUT2D eigenvalue weighted by atomic mass is 10.2. The Labute approximate surface area is 82.9 Å². The summed E-state index contributed by atoms with van der Waals surface area (Å²) in [5, 5.41) is 0. The molecule has 0 bridgehead atoms. The molecule has 2 unspecified atom stereocenters. The average molecular weight is 198 g/mol. The number of ether oxygens (including phenoxy) is 2. The summed E-state index contributed by atoms with van der Waals surface area (Å²) in [6.07, 6.45) is 2.76. The highest BCUT2D eigenvalue weighted by molar-refractivity contribution is 5.82. The van der Waals surface area contributed by atoms with Gasteiger partial charge in [0.1, 0.15) is 11.9 Å². The van der Waals surface area contributed by atoms with Gasteiger partial charge in [0, 0.05) is 6.42 Å². The summed E-state index contributed by atoms with van der Waals surface area (Å²) in [5.74, 6) is 0.0361. The van der Waals surface area contributed by atoms with Crippen LogP contribution in [0.3, 0.4) is 0 Å². The maximum Gasteiger partial charge on any atom is 0.178 e. The van der Waals surface area contributed by atoms with Crippen LogP contribution in [0.1, 0.15) is 20.3 Å². The highest BCUT2D eigenvalue weighted by atomic mass is 16.7. The second-order valence-corrected chi connectivity index (χ2v) is 3.24. The molecule has 14 heavy (non-hydrogen) atoms. The van der Waals surface area contributed by atoms with Crippen molar-refractivity contribution >= 4 is 11.6 Å². The van der Waals surface area contributed by atoms with E-state index in [9.17, 15) is 9.59 Å². The lowest BCUT2D eigenvalue weighted by Gasteiger charge is -2.12. The largest absolute Gasteiger partial charge is 0.348 e. The van der Waals surface area contributed by atoms with Gasteiger partial charge in [-0.1, -0.05) is 0 Å². The highest BCUT2D eigenvalue weighted by Crippen LogP contribution is 2.13. The van der Waals surface area contributed by atoms with Crippen LogP contribution in [0.4, 0.5) is 0 Å². The first-order valence-corrected chi connectivity index (χ1v) is 4.55. The average Bonchev–Trinajstić information content (AvgIpc) is 2.52. The zero-order valence-electron chi connectivity index (χ0n) is 8.36. The number of ketones is 2. The normalized spacial score (nSPS) is 25.3. The van der Waals surface area contributed by atoms with E-state index in [0.29, 0.717) is 13.0 Å². The van der Waals surface area contributed by atoms with Gasteiger partial charge in [0.2, 0.25) is 0 Å². The monoisotopic (exact) mass is 198 g/mol. The molecule has 2 atom stereocenters. The van der Waals surface area contributed by atoms with E-state index in [1.807, 2.05) is 0 Å². The molecule has 0 radical (unpaired) electrons. The van der Waals surface area contributed by atoms with Gasteiger partial charge in [-0.05, 0) is 26.0 Å². The topological polar surface area (TPSA) is 52.6 Å². The zero-order valence-corrected chi connectivity index (χ0v) is 8.36. The third-order valence-electron chi connectivity index (χ3n) is 1.86. The SMILES string of the molecule is CC(=O)CCOC1C=CC(C(C)=O)O1. The Hall–Kier alpha value is -1.00. The van der Waals surface area contributed by atoms with Crippen LogP contribution in [0.25, 0.3) is 0 Å². The number of hydrogen-bond donors (Lipinski definition) is 0. The Balaban J connectivity index is 2.21. The molecule has 1 rings (SSSR count). The molecule has 0 saturated heterocycles. The molecular formula is C10H14O4. The van der Waals surface area contributed by atoms with Crippen LogP contribution < -0.4 is 0 Å². The molecule has 0 spiro atoms. The Bertz CT molecular complexity index is 257. The molecule has 0 fully saturated rings. The molecule has 0 aromatic rings. The Morgan fingerprint density at radius 1 is 1.36 bits per heavy atom.